The number of rotatable bonds is 8. The number of halogens is 1. The summed E-state index contributed by atoms with van der Waals surface area (Å²) in [6, 6.07) is 5.64. The highest BCUT2D eigenvalue weighted by Crippen LogP contribution is 2.35. The molecule has 0 radical (unpaired) electrons. The SMILES string of the molecule is C=C(c1cc(F)ccc1C(C)C)C1CCN(CC)CC1.CPCCC(=O)NC1CCCCC1. The summed E-state index contributed by atoms with van der Waals surface area (Å²) in [5, 5.41) is 3.12. The summed E-state index contributed by atoms with van der Waals surface area (Å²) >= 11 is 0. The van der Waals surface area contributed by atoms with Crippen LogP contribution >= 0.6 is 8.58 Å². The molecule has 0 aromatic heterocycles. The van der Waals surface area contributed by atoms with Gasteiger partial charge >= 0.3 is 0 Å². The number of carbonyl (C=O) groups is 1. The van der Waals surface area contributed by atoms with Crippen molar-refractivity contribution in [1.29, 1.82) is 0 Å². The highest BCUT2D eigenvalue weighted by Gasteiger charge is 2.23. The average molecular weight is 477 g/mol. The monoisotopic (exact) mass is 476 g/mol. The lowest BCUT2D eigenvalue weighted by Crippen LogP contribution is -2.36. The first-order valence-electron chi connectivity index (χ1n) is 13.0. The fourth-order valence-corrected chi connectivity index (χ4v) is 5.39. The Morgan fingerprint density at radius 1 is 1.18 bits per heavy atom. The first kappa shape index (κ1) is 28.0. The van der Waals surface area contributed by atoms with E-state index in [1.54, 1.807) is 12.1 Å². The number of piperidine rings is 1. The van der Waals surface area contributed by atoms with Gasteiger partial charge in [-0.15, -0.1) is 8.58 Å². The number of amides is 1. The van der Waals surface area contributed by atoms with Crippen LogP contribution in [0.25, 0.3) is 5.57 Å². The van der Waals surface area contributed by atoms with Crippen molar-refractivity contribution >= 4 is 20.1 Å². The summed E-state index contributed by atoms with van der Waals surface area (Å²) in [6.45, 7) is 16.3. The molecule has 33 heavy (non-hydrogen) atoms. The predicted octanol–water partition coefficient (Wildman–Crippen LogP) is 6.83. The highest BCUT2D eigenvalue weighted by atomic mass is 31.1. The van der Waals surface area contributed by atoms with Gasteiger partial charge in [-0.2, -0.15) is 0 Å². The fourth-order valence-electron chi connectivity index (χ4n) is 4.91. The van der Waals surface area contributed by atoms with Gasteiger partial charge in [-0.1, -0.05) is 52.7 Å². The van der Waals surface area contributed by atoms with E-state index in [2.05, 4.69) is 44.2 Å². The first-order valence-corrected chi connectivity index (χ1v) is 14.7. The van der Waals surface area contributed by atoms with Gasteiger partial charge in [0, 0.05) is 12.5 Å². The Morgan fingerprint density at radius 2 is 1.85 bits per heavy atom. The summed E-state index contributed by atoms with van der Waals surface area (Å²) in [4.78, 5) is 13.8. The van der Waals surface area contributed by atoms with Gasteiger partial charge in [0.15, 0.2) is 0 Å². The van der Waals surface area contributed by atoms with Crippen LogP contribution in [0.2, 0.25) is 0 Å². The average Bonchev–Trinajstić information content (AvgIpc) is 2.83. The number of benzene rings is 1. The van der Waals surface area contributed by atoms with Crippen molar-refractivity contribution in [2.24, 2.45) is 5.92 Å². The van der Waals surface area contributed by atoms with Crippen molar-refractivity contribution < 1.29 is 9.18 Å². The van der Waals surface area contributed by atoms with E-state index < -0.39 is 0 Å². The number of hydrogen-bond donors (Lipinski definition) is 1. The van der Waals surface area contributed by atoms with Crippen LogP contribution in [0.3, 0.4) is 0 Å². The molecule has 5 heteroatoms. The van der Waals surface area contributed by atoms with Gasteiger partial charge in [0.05, 0.1) is 0 Å². The second kappa shape index (κ2) is 14.9. The molecule has 1 saturated heterocycles. The van der Waals surface area contributed by atoms with Crippen molar-refractivity contribution in [3.05, 3.63) is 41.7 Å². The van der Waals surface area contributed by atoms with E-state index in [9.17, 15) is 9.18 Å². The molecule has 1 unspecified atom stereocenters. The topological polar surface area (TPSA) is 32.3 Å². The van der Waals surface area contributed by atoms with Crippen LogP contribution in [0, 0.1) is 11.7 Å². The fraction of sp³-hybridized carbons (Fsp3) is 0.679. The molecule has 186 valence electrons. The molecule has 1 aliphatic carbocycles. The lowest BCUT2D eigenvalue weighted by Gasteiger charge is -2.33. The van der Waals surface area contributed by atoms with Crippen molar-refractivity contribution in [2.45, 2.75) is 84.1 Å². The smallest absolute Gasteiger partial charge is 0.220 e. The van der Waals surface area contributed by atoms with Gasteiger partial charge < -0.3 is 10.2 Å². The Morgan fingerprint density at radius 3 is 2.42 bits per heavy atom. The zero-order valence-electron chi connectivity index (χ0n) is 21.4. The van der Waals surface area contributed by atoms with Gasteiger partial charge in [-0.25, -0.2) is 4.39 Å². The second-order valence-electron chi connectivity index (χ2n) is 9.88. The van der Waals surface area contributed by atoms with E-state index in [4.69, 9.17) is 0 Å². The van der Waals surface area contributed by atoms with Gasteiger partial charge in [0.25, 0.3) is 0 Å². The Bertz CT molecular complexity index is 737. The third kappa shape index (κ3) is 9.49. The van der Waals surface area contributed by atoms with Gasteiger partial charge in [0.2, 0.25) is 5.91 Å². The number of allylic oxidation sites excluding steroid dienone is 1. The molecule has 3 rings (SSSR count). The number of nitrogens with one attached hydrogen (secondary N) is 1. The van der Waals surface area contributed by atoms with E-state index >= 15 is 0 Å². The van der Waals surface area contributed by atoms with E-state index in [1.807, 2.05) is 6.07 Å². The highest BCUT2D eigenvalue weighted by molar-refractivity contribution is 7.37. The Balaban J connectivity index is 0.000000257. The molecular weight excluding hydrogens is 430 g/mol. The predicted molar refractivity (Wildman–Crippen MR) is 143 cm³/mol. The first-order chi connectivity index (χ1) is 15.8. The van der Waals surface area contributed by atoms with Gasteiger partial charge in [-0.3, -0.25) is 4.79 Å². The molecule has 1 saturated carbocycles. The maximum absolute atomic E-state index is 13.6. The van der Waals surface area contributed by atoms with Crippen LogP contribution in [0.4, 0.5) is 4.39 Å². The number of nitrogens with zero attached hydrogens (tertiary/aromatic N) is 1. The lowest BCUT2D eigenvalue weighted by molar-refractivity contribution is -0.121. The van der Waals surface area contributed by atoms with E-state index in [0.29, 0.717) is 17.9 Å². The second-order valence-corrected chi connectivity index (χ2v) is 11.1. The summed E-state index contributed by atoms with van der Waals surface area (Å²) < 4.78 is 13.6. The van der Waals surface area contributed by atoms with Crippen LogP contribution in [0.1, 0.15) is 89.2 Å². The number of likely N-dealkylation sites (tertiary alicyclic amines) is 1. The van der Waals surface area contributed by atoms with E-state index in [-0.39, 0.29) is 11.7 Å². The van der Waals surface area contributed by atoms with Crippen molar-refractivity contribution in [3.63, 3.8) is 0 Å². The lowest BCUT2D eigenvalue weighted by atomic mass is 9.82. The molecule has 1 aromatic carbocycles. The summed E-state index contributed by atoms with van der Waals surface area (Å²) in [5.74, 6) is 1.01. The normalized spacial score (nSPS) is 18.4. The van der Waals surface area contributed by atoms with Crippen molar-refractivity contribution in [3.8, 4) is 0 Å². The molecule has 1 amide bonds. The number of hydrogen-bond acceptors (Lipinski definition) is 2. The largest absolute Gasteiger partial charge is 0.353 e. The quantitative estimate of drug-likeness (QED) is 0.417. The molecule has 0 spiro atoms. The minimum absolute atomic E-state index is 0.156. The molecule has 3 nitrogen and oxygen atoms in total. The van der Waals surface area contributed by atoms with Crippen LogP contribution in [-0.4, -0.2) is 49.3 Å². The third-order valence-corrected chi connectivity index (χ3v) is 7.83. The zero-order valence-corrected chi connectivity index (χ0v) is 22.4. The maximum atomic E-state index is 13.6. The molecule has 2 aliphatic rings. The van der Waals surface area contributed by atoms with Crippen molar-refractivity contribution in [1.82, 2.24) is 10.2 Å². The summed E-state index contributed by atoms with van der Waals surface area (Å²) in [5.41, 5.74) is 3.38. The van der Waals surface area contributed by atoms with Crippen LogP contribution < -0.4 is 5.32 Å². The molecule has 1 aromatic rings. The minimum atomic E-state index is -0.156. The molecule has 1 N–H and O–H groups in total. The summed E-state index contributed by atoms with van der Waals surface area (Å²) in [7, 11) is 0.902. The Hall–Kier alpha value is -1.25. The third-order valence-electron chi connectivity index (χ3n) is 7.08. The van der Waals surface area contributed by atoms with E-state index in [1.165, 1.54) is 37.7 Å². The van der Waals surface area contributed by atoms with Gasteiger partial charge in [0.1, 0.15) is 5.82 Å². The summed E-state index contributed by atoms with van der Waals surface area (Å²) in [6.07, 6.45) is 10.4. The Kier molecular flexibility index (Phi) is 12.6. The minimum Gasteiger partial charge on any atom is -0.353 e. The Labute approximate surface area is 203 Å². The molecule has 1 aliphatic heterocycles. The maximum Gasteiger partial charge on any atom is 0.220 e. The number of carbonyl (C=O) groups excluding carboxylic acids is 1. The van der Waals surface area contributed by atoms with Crippen molar-refractivity contribution in [2.75, 3.05) is 32.5 Å². The molecule has 1 atom stereocenters. The van der Waals surface area contributed by atoms with Crippen LogP contribution in [0.5, 0.6) is 0 Å². The molecule has 2 fully saturated rings. The van der Waals surface area contributed by atoms with Crippen LogP contribution in [-0.2, 0) is 4.79 Å². The molecule has 1 heterocycles. The zero-order chi connectivity index (χ0) is 24.2. The molecular formula is C28H46FN2OP. The van der Waals surface area contributed by atoms with Gasteiger partial charge in [-0.05, 0) is 98.8 Å². The molecule has 0 bridgehead atoms. The van der Waals surface area contributed by atoms with E-state index in [0.717, 1.165) is 64.8 Å². The standard InChI is InChI=1S/C18H26FN.C10H20NOP/c1-5-20-10-8-15(9-11-20)14(4)18-12-16(19)6-7-17(18)13(2)3;1-13-8-7-10(12)11-9-5-3-2-4-6-9/h6-7,12-13,15H,4-5,8-11H2,1-3H3;9,13H,2-8H2,1H3,(H,11,12). The van der Waals surface area contributed by atoms with Crippen LogP contribution in [0.15, 0.2) is 24.8 Å².